The summed E-state index contributed by atoms with van der Waals surface area (Å²) in [4.78, 5) is 0. The summed E-state index contributed by atoms with van der Waals surface area (Å²) in [5.74, 6) is 0.644. The second kappa shape index (κ2) is 2.56. The van der Waals surface area contributed by atoms with Crippen LogP contribution in [-0.4, -0.2) is 0 Å². The molecule has 0 aliphatic heterocycles. The Bertz CT molecular complexity index is 468. The van der Waals surface area contributed by atoms with Crippen LogP contribution in [0.2, 0.25) is 0 Å². The molecule has 64 valence electrons. The molecule has 2 N–H and O–H groups in total. The molecule has 0 fully saturated rings. The Hall–Kier alpha value is -1.88. The number of nitrogens with two attached hydrogens (primary N) is 1. The lowest BCUT2D eigenvalue weighted by Crippen LogP contribution is -1.92. The molecule has 0 saturated carbocycles. The molecule has 2 heteroatoms. The molecule has 0 aliphatic rings. The van der Waals surface area contributed by atoms with Crippen molar-refractivity contribution in [3.05, 3.63) is 42.2 Å². The molecular weight excluding hydrogens is 162 g/mol. The molecule has 1 aromatic heterocycles. The summed E-state index contributed by atoms with van der Waals surface area (Å²) in [6.45, 7) is 5.59. The van der Waals surface area contributed by atoms with Crippen molar-refractivity contribution in [3.63, 3.8) is 0 Å². The largest absolute Gasteiger partial charge is 0.445 e. The predicted molar refractivity (Wildman–Crippen MR) is 51.8 cm³/mol. The summed E-state index contributed by atoms with van der Waals surface area (Å²) in [6.07, 6.45) is 0. The van der Waals surface area contributed by atoms with Crippen molar-refractivity contribution in [1.82, 2.24) is 0 Å². The maximum Gasteiger partial charge on any atom is 0.185 e. The summed E-state index contributed by atoms with van der Waals surface area (Å²) in [5, 5.41) is 1.01. The molecule has 1 heterocycles. The van der Waals surface area contributed by atoms with Gasteiger partial charge in [0.1, 0.15) is 0 Å². The monoisotopic (exact) mass is 171 g/mol. The van der Waals surface area contributed by atoms with Crippen LogP contribution >= 0.6 is 0 Å². The second-order valence-electron chi connectivity index (χ2n) is 2.93. The van der Waals surface area contributed by atoms with E-state index in [-0.39, 0.29) is 0 Å². The van der Waals surface area contributed by atoms with Gasteiger partial charge in [0.15, 0.2) is 11.3 Å². The van der Waals surface area contributed by atoms with Gasteiger partial charge in [0.25, 0.3) is 0 Å². The minimum Gasteiger partial charge on any atom is -0.445 e. The Morgan fingerprint density at radius 3 is 3.00 bits per heavy atom. The lowest BCUT2D eigenvalue weighted by atomic mass is 10.1. The summed E-state index contributed by atoms with van der Waals surface area (Å²) in [5.41, 5.74) is 7.70. The number of fused-ring (bicyclic) bond motifs is 1. The Labute approximate surface area is 76.7 Å². The lowest BCUT2D eigenvalue weighted by molar-refractivity contribution is 0.596. The average Bonchev–Trinajstić information content (AvgIpc) is 2.45. The Balaban J connectivity index is 2.81. The van der Waals surface area contributed by atoms with Gasteiger partial charge in [-0.15, -0.1) is 0 Å². The number of aryl methyl sites for hydroxylation is 1. The first-order valence-electron chi connectivity index (χ1n) is 3.96. The van der Waals surface area contributed by atoms with Gasteiger partial charge in [0.05, 0.1) is 5.70 Å². The fraction of sp³-hybridized carbons (Fsp3) is 0.0909. The molecule has 0 spiro atoms. The average molecular weight is 171 g/mol. The summed E-state index contributed by atoms with van der Waals surface area (Å²) < 4.78 is 5.45. The van der Waals surface area contributed by atoms with Gasteiger partial charge in [-0.05, 0) is 25.1 Å². The highest BCUT2D eigenvalue weighted by atomic mass is 16.3. The highest BCUT2D eigenvalue weighted by molar-refractivity contribution is 5.84. The van der Waals surface area contributed by atoms with Crippen molar-refractivity contribution >= 4 is 16.7 Å². The van der Waals surface area contributed by atoms with Gasteiger partial charge in [0, 0.05) is 10.9 Å². The molecule has 1 aromatic carbocycles. The molecule has 13 heavy (non-hydrogen) atoms. The topological polar surface area (TPSA) is 39.2 Å². The third-order valence-electron chi connectivity index (χ3n) is 2.00. The standard InChI is InChI=1S/C11H9NO/c1-7-9-5-3-4-6-10(9)13-11(7)8(2)12/h3,5H,2,12H2,1H3. The van der Waals surface area contributed by atoms with Crippen LogP contribution in [0.5, 0.6) is 0 Å². The smallest absolute Gasteiger partial charge is 0.185 e. The molecule has 2 aromatic rings. The number of furan rings is 1. The van der Waals surface area contributed by atoms with Crippen molar-refractivity contribution in [1.29, 1.82) is 0 Å². The molecule has 0 radical (unpaired) electrons. The third kappa shape index (κ3) is 1.06. The zero-order chi connectivity index (χ0) is 9.42. The molecule has 0 saturated heterocycles. The molecule has 2 nitrogen and oxygen atoms in total. The zero-order valence-electron chi connectivity index (χ0n) is 7.35. The molecule has 0 aliphatic carbocycles. The Kier molecular flexibility index (Phi) is 1.53. The molecule has 0 atom stereocenters. The first-order valence-corrected chi connectivity index (χ1v) is 3.96. The van der Waals surface area contributed by atoms with Crippen molar-refractivity contribution in [2.45, 2.75) is 6.92 Å². The van der Waals surface area contributed by atoms with E-state index >= 15 is 0 Å². The first-order chi connectivity index (χ1) is 6.20. The van der Waals surface area contributed by atoms with Crippen molar-refractivity contribution < 1.29 is 4.42 Å². The van der Waals surface area contributed by atoms with Crippen molar-refractivity contribution in [2.75, 3.05) is 0 Å². The second-order valence-corrected chi connectivity index (χ2v) is 2.93. The van der Waals surface area contributed by atoms with Gasteiger partial charge in [-0.25, -0.2) is 0 Å². The van der Waals surface area contributed by atoms with E-state index in [2.05, 4.69) is 18.7 Å². The molecular formula is C11H9NO. The van der Waals surface area contributed by atoms with Crippen LogP contribution < -0.4 is 5.73 Å². The van der Waals surface area contributed by atoms with Crippen LogP contribution in [0.15, 0.2) is 23.1 Å². The van der Waals surface area contributed by atoms with Gasteiger partial charge in [0.2, 0.25) is 0 Å². The van der Waals surface area contributed by atoms with Crippen molar-refractivity contribution in [2.24, 2.45) is 5.73 Å². The molecule has 0 unspecified atom stereocenters. The van der Waals surface area contributed by atoms with E-state index < -0.39 is 0 Å². The van der Waals surface area contributed by atoms with Crippen LogP contribution in [-0.2, 0) is 0 Å². The maximum atomic E-state index is 5.57. The zero-order valence-corrected chi connectivity index (χ0v) is 7.35. The molecule has 0 amide bonds. The van der Waals surface area contributed by atoms with Crippen LogP contribution in [0.4, 0.5) is 0 Å². The minimum atomic E-state index is 0.446. The fourth-order valence-electron chi connectivity index (χ4n) is 1.36. The van der Waals surface area contributed by atoms with Gasteiger partial charge < -0.3 is 10.2 Å². The van der Waals surface area contributed by atoms with E-state index in [4.69, 9.17) is 10.2 Å². The van der Waals surface area contributed by atoms with E-state index in [1.807, 2.05) is 13.0 Å². The van der Waals surface area contributed by atoms with Crippen LogP contribution in [0.3, 0.4) is 0 Å². The SMILES string of the molecule is C=C(N)c1oc2c#cccc2c1C. The van der Waals surface area contributed by atoms with Crippen LogP contribution in [0.1, 0.15) is 11.3 Å². The minimum absolute atomic E-state index is 0.446. The highest BCUT2D eigenvalue weighted by Crippen LogP contribution is 2.25. The van der Waals surface area contributed by atoms with Crippen LogP contribution in [0.25, 0.3) is 16.7 Å². The highest BCUT2D eigenvalue weighted by Gasteiger charge is 2.09. The van der Waals surface area contributed by atoms with Crippen molar-refractivity contribution in [3.8, 4) is 0 Å². The molecule has 0 bridgehead atoms. The van der Waals surface area contributed by atoms with Gasteiger partial charge in [-0.3, -0.25) is 0 Å². The van der Waals surface area contributed by atoms with Crippen LogP contribution in [0, 0.1) is 19.1 Å². The Morgan fingerprint density at radius 1 is 1.62 bits per heavy atom. The quantitative estimate of drug-likeness (QED) is 0.714. The van der Waals surface area contributed by atoms with E-state index in [9.17, 15) is 0 Å². The summed E-state index contributed by atoms with van der Waals surface area (Å²) >= 11 is 0. The van der Waals surface area contributed by atoms with Gasteiger partial charge in [-0.2, -0.15) is 0 Å². The van der Waals surface area contributed by atoms with Gasteiger partial charge >= 0.3 is 0 Å². The fourth-order valence-corrected chi connectivity index (χ4v) is 1.36. The van der Waals surface area contributed by atoms with E-state index in [0.29, 0.717) is 17.0 Å². The van der Waals surface area contributed by atoms with E-state index in [0.717, 1.165) is 10.9 Å². The first kappa shape index (κ1) is 7.75. The number of hydrogen-bond acceptors (Lipinski definition) is 2. The predicted octanol–water partition coefficient (Wildman–Crippen LogP) is 2.27. The Morgan fingerprint density at radius 2 is 2.38 bits per heavy atom. The molecule has 2 rings (SSSR count). The van der Waals surface area contributed by atoms with E-state index in [1.54, 1.807) is 6.07 Å². The lowest BCUT2D eigenvalue weighted by Gasteiger charge is -1.93. The maximum absolute atomic E-state index is 5.57. The number of hydrogen-bond donors (Lipinski definition) is 1. The summed E-state index contributed by atoms with van der Waals surface area (Å²) in [7, 11) is 0. The summed E-state index contributed by atoms with van der Waals surface area (Å²) in [6, 6.07) is 9.43. The normalized spacial score (nSPS) is 9.92. The van der Waals surface area contributed by atoms with E-state index in [1.165, 1.54) is 0 Å². The number of rotatable bonds is 1. The third-order valence-corrected chi connectivity index (χ3v) is 2.00. The van der Waals surface area contributed by atoms with Gasteiger partial charge in [-0.1, -0.05) is 12.6 Å².